The summed E-state index contributed by atoms with van der Waals surface area (Å²) in [6.07, 6.45) is 0. The van der Waals surface area contributed by atoms with Crippen LogP contribution >= 0.6 is 11.3 Å². The lowest BCUT2D eigenvalue weighted by Gasteiger charge is -2.37. The molecule has 1 aliphatic carbocycles. The Morgan fingerprint density at radius 2 is 0.671 bits per heavy atom. The Hall–Kier alpha value is -8.76. The molecule has 12 aromatic rings. The van der Waals surface area contributed by atoms with Crippen molar-refractivity contribution in [1.29, 1.82) is 0 Å². The Bertz CT molecular complexity index is 3650. The highest BCUT2D eigenvalue weighted by atomic mass is 32.1. The van der Waals surface area contributed by atoms with Gasteiger partial charge in [0, 0.05) is 54.3 Å². The lowest BCUT2D eigenvalue weighted by atomic mass is 9.67. The van der Waals surface area contributed by atoms with Gasteiger partial charge < -0.3 is 9.80 Å². The van der Waals surface area contributed by atoms with Crippen LogP contribution in [0, 0.1) is 0 Å². The molecule has 2 nitrogen and oxygen atoms in total. The van der Waals surface area contributed by atoms with E-state index in [4.69, 9.17) is 0 Å². The third kappa shape index (κ3) is 6.93. The molecule has 0 amide bonds. The van der Waals surface area contributed by atoms with E-state index in [0.29, 0.717) is 0 Å². The molecule has 0 fully saturated rings. The molecule has 1 aliphatic rings. The molecule has 0 aliphatic heterocycles. The van der Waals surface area contributed by atoms with Gasteiger partial charge in [-0.1, -0.05) is 206 Å². The fraction of sp³-hybridized carbons (Fsp3) is 0.0149. The Morgan fingerprint density at radius 1 is 0.271 bits per heavy atom. The molecule has 0 unspecified atom stereocenters. The zero-order valence-electron chi connectivity index (χ0n) is 38.4. The van der Waals surface area contributed by atoms with Gasteiger partial charge in [0.25, 0.3) is 0 Å². The largest absolute Gasteiger partial charge is 0.310 e. The van der Waals surface area contributed by atoms with E-state index in [0.717, 1.165) is 45.3 Å². The molecule has 70 heavy (non-hydrogen) atoms. The summed E-state index contributed by atoms with van der Waals surface area (Å²) in [5, 5.41) is 2.57. The van der Waals surface area contributed by atoms with Crippen molar-refractivity contribution in [3.8, 4) is 33.4 Å². The summed E-state index contributed by atoms with van der Waals surface area (Å²) in [6.45, 7) is 0. The van der Waals surface area contributed by atoms with Crippen LogP contribution in [0.15, 0.2) is 279 Å². The van der Waals surface area contributed by atoms with E-state index in [1.165, 1.54) is 64.7 Å². The highest BCUT2D eigenvalue weighted by Crippen LogP contribution is 2.60. The van der Waals surface area contributed by atoms with Crippen LogP contribution in [0.2, 0.25) is 0 Å². The standard InChI is InChI=1S/C67H46N2S/c1-5-22-47(23-6-1)49-26-19-32-54(42-49)68(52-28-9-3-10-29-52)56-44-51(45-57(46-56)69(53-30-11-4-12-31-53)55-33-20-27-50(43-55)48-24-7-2-8-25-48)67(62-38-16-13-34-58(62)59-35-14-17-39-63(59)67)64-40-21-37-61-60-36-15-18-41-65(60)70-66(61)64/h1-46H. The minimum absolute atomic E-state index is 0.721. The zero-order chi connectivity index (χ0) is 46.4. The maximum absolute atomic E-state index is 2.49. The lowest BCUT2D eigenvalue weighted by molar-refractivity contribution is 0.777. The summed E-state index contributed by atoms with van der Waals surface area (Å²) in [5.41, 5.74) is 17.9. The molecule has 0 saturated carbocycles. The van der Waals surface area contributed by atoms with Gasteiger partial charge in [-0.2, -0.15) is 0 Å². The van der Waals surface area contributed by atoms with Crippen molar-refractivity contribution in [1.82, 2.24) is 0 Å². The number of benzene rings is 11. The van der Waals surface area contributed by atoms with E-state index in [1.807, 2.05) is 11.3 Å². The summed E-state index contributed by atoms with van der Waals surface area (Å²) in [7, 11) is 0. The van der Waals surface area contributed by atoms with Crippen LogP contribution in [0.5, 0.6) is 0 Å². The van der Waals surface area contributed by atoms with Crippen LogP contribution < -0.4 is 9.80 Å². The molecule has 13 rings (SSSR count). The SMILES string of the molecule is c1ccc(-c2cccc(N(c3ccccc3)c3cc(N(c4ccccc4)c4cccc(-c5ccccc5)c4)cc(C4(c5cccc6c5sc5ccccc56)c5ccccc5-c5ccccc54)c3)c2)cc1. The fourth-order valence-corrected chi connectivity index (χ4v) is 12.3. The molecular formula is C67H46N2S. The topological polar surface area (TPSA) is 6.48 Å². The van der Waals surface area contributed by atoms with E-state index in [1.54, 1.807) is 0 Å². The number of fused-ring (bicyclic) bond motifs is 6. The molecule has 0 atom stereocenters. The van der Waals surface area contributed by atoms with Gasteiger partial charge in [-0.15, -0.1) is 11.3 Å². The van der Waals surface area contributed by atoms with Gasteiger partial charge in [0.2, 0.25) is 0 Å². The normalized spacial score (nSPS) is 12.4. The molecule has 0 bridgehead atoms. The Labute approximate surface area is 413 Å². The van der Waals surface area contributed by atoms with Crippen molar-refractivity contribution in [3.05, 3.63) is 301 Å². The average Bonchev–Trinajstić information content (AvgIpc) is 3.97. The first-order chi connectivity index (χ1) is 34.7. The first kappa shape index (κ1) is 41.4. The fourth-order valence-electron chi connectivity index (χ4n) is 11.1. The summed E-state index contributed by atoms with van der Waals surface area (Å²) < 4.78 is 2.59. The van der Waals surface area contributed by atoms with Crippen LogP contribution in [-0.2, 0) is 5.41 Å². The maximum atomic E-state index is 2.49. The van der Waals surface area contributed by atoms with Crippen molar-refractivity contribution in [2.75, 3.05) is 9.80 Å². The second kappa shape index (κ2) is 17.4. The first-order valence-electron chi connectivity index (χ1n) is 24.0. The lowest BCUT2D eigenvalue weighted by Crippen LogP contribution is -2.29. The van der Waals surface area contributed by atoms with Gasteiger partial charge in [-0.05, 0) is 128 Å². The number of para-hydroxylation sites is 2. The molecule has 0 N–H and O–H groups in total. The van der Waals surface area contributed by atoms with E-state index < -0.39 is 5.41 Å². The van der Waals surface area contributed by atoms with Crippen molar-refractivity contribution in [2.24, 2.45) is 0 Å². The summed E-state index contributed by atoms with van der Waals surface area (Å²) in [5.74, 6) is 0. The number of hydrogen-bond acceptors (Lipinski definition) is 3. The maximum Gasteiger partial charge on any atom is 0.0728 e. The predicted molar refractivity (Wildman–Crippen MR) is 297 cm³/mol. The second-order valence-electron chi connectivity index (χ2n) is 18.0. The minimum Gasteiger partial charge on any atom is -0.310 e. The highest BCUT2D eigenvalue weighted by molar-refractivity contribution is 7.26. The van der Waals surface area contributed by atoms with Gasteiger partial charge in [0.15, 0.2) is 0 Å². The van der Waals surface area contributed by atoms with Crippen LogP contribution in [-0.4, -0.2) is 0 Å². The van der Waals surface area contributed by atoms with Crippen LogP contribution in [0.3, 0.4) is 0 Å². The number of hydrogen-bond donors (Lipinski definition) is 0. The number of nitrogens with zero attached hydrogens (tertiary/aromatic N) is 2. The van der Waals surface area contributed by atoms with Crippen LogP contribution in [0.25, 0.3) is 53.6 Å². The molecular weight excluding hydrogens is 865 g/mol. The zero-order valence-corrected chi connectivity index (χ0v) is 39.2. The second-order valence-corrected chi connectivity index (χ2v) is 19.1. The van der Waals surface area contributed by atoms with Crippen LogP contribution in [0.4, 0.5) is 34.1 Å². The highest BCUT2D eigenvalue weighted by Gasteiger charge is 2.48. The van der Waals surface area contributed by atoms with Gasteiger partial charge in [0.05, 0.1) is 5.41 Å². The number of anilines is 6. The van der Waals surface area contributed by atoms with Gasteiger partial charge >= 0.3 is 0 Å². The van der Waals surface area contributed by atoms with E-state index in [2.05, 4.69) is 289 Å². The Morgan fingerprint density at radius 3 is 1.21 bits per heavy atom. The van der Waals surface area contributed by atoms with Crippen molar-refractivity contribution >= 4 is 65.6 Å². The number of thiophene rings is 1. The molecule has 0 spiro atoms. The monoisotopic (exact) mass is 910 g/mol. The molecule has 0 saturated heterocycles. The van der Waals surface area contributed by atoms with Crippen LogP contribution in [0.1, 0.15) is 22.3 Å². The first-order valence-corrected chi connectivity index (χ1v) is 24.8. The summed E-state index contributed by atoms with van der Waals surface area (Å²) >= 11 is 1.90. The van der Waals surface area contributed by atoms with E-state index >= 15 is 0 Å². The minimum atomic E-state index is -0.721. The molecule has 11 aromatic carbocycles. The van der Waals surface area contributed by atoms with Gasteiger partial charge in [0.1, 0.15) is 0 Å². The third-order valence-electron chi connectivity index (χ3n) is 14.1. The van der Waals surface area contributed by atoms with Gasteiger partial charge in [-0.25, -0.2) is 0 Å². The van der Waals surface area contributed by atoms with E-state index in [9.17, 15) is 0 Å². The summed E-state index contributed by atoms with van der Waals surface area (Å²) in [6, 6.07) is 103. The van der Waals surface area contributed by atoms with E-state index in [-0.39, 0.29) is 0 Å². The van der Waals surface area contributed by atoms with Gasteiger partial charge in [-0.3, -0.25) is 0 Å². The molecule has 1 aromatic heterocycles. The quantitative estimate of drug-likeness (QED) is 0.135. The molecule has 3 heteroatoms. The average molecular weight is 911 g/mol. The molecule has 330 valence electrons. The van der Waals surface area contributed by atoms with Crippen molar-refractivity contribution in [2.45, 2.75) is 5.41 Å². The van der Waals surface area contributed by atoms with Crippen molar-refractivity contribution in [3.63, 3.8) is 0 Å². The molecule has 0 radical (unpaired) electrons. The predicted octanol–water partition coefficient (Wildman–Crippen LogP) is 18.7. The Balaban J connectivity index is 1.16. The smallest absolute Gasteiger partial charge is 0.0728 e. The molecule has 1 heterocycles. The Kier molecular flexibility index (Phi) is 10.3. The third-order valence-corrected chi connectivity index (χ3v) is 15.3. The number of rotatable bonds is 10. The van der Waals surface area contributed by atoms with Crippen molar-refractivity contribution < 1.29 is 0 Å². The summed E-state index contributed by atoms with van der Waals surface area (Å²) in [4.78, 5) is 4.90.